The molecule has 0 atom stereocenters. The topological polar surface area (TPSA) is 24.9 Å². The highest BCUT2D eigenvalue weighted by molar-refractivity contribution is 5.45. The summed E-state index contributed by atoms with van der Waals surface area (Å²) in [6, 6.07) is 4.01. The molecule has 2 nitrogen and oxygen atoms in total. The fraction of sp³-hybridized carbons (Fsp3) is 0.444. The van der Waals surface area contributed by atoms with Gasteiger partial charge in [0.15, 0.2) is 0 Å². The first-order chi connectivity index (χ1) is 5.29. The van der Waals surface area contributed by atoms with Crippen molar-refractivity contribution in [3.63, 3.8) is 0 Å². The summed E-state index contributed by atoms with van der Waals surface area (Å²) in [6.07, 6.45) is 6.20. The zero-order chi connectivity index (χ0) is 7.73. The zero-order valence-electron chi connectivity index (χ0n) is 6.67. The highest BCUT2D eigenvalue weighted by Gasteiger charge is 2.36. The van der Waals surface area contributed by atoms with E-state index in [0.29, 0.717) is 5.54 Å². The predicted octanol–water partition coefficient (Wildman–Crippen LogP) is 2.05. The van der Waals surface area contributed by atoms with Gasteiger partial charge in [-0.05, 0) is 31.9 Å². The van der Waals surface area contributed by atoms with E-state index in [0.717, 1.165) is 0 Å². The highest BCUT2D eigenvalue weighted by Crippen LogP contribution is 2.37. The van der Waals surface area contributed by atoms with Gasteiger partial charge in [0.2, 0.25) is 0 Å². The van der Waals surface area contributed by atoms with E-state index < -0.39 is 0 Å². The molecule has 1 heterocycles. The van der Waals surface area contributed by atoms with Crippen molar-refractivity contribution < 1.29 is 0 Å². The van der Waals surface area contributed by atoms with Gasteiger partial charge in [-0.2, -0.15) is 0 Å². The van der Waals surface area contributed by atoms with Crippen molar-refractivity contribution in [2.24, 2.45) is 0 Å². The molecular weight excluding hydrogens is 136 g/mol. The Balaban J connectivity index is 2.07. The second-order valence-corrected chi connectivity index (χ2v) is 3.42. The Kier molecular flexibility index (Phi) is 1.34. The summed E-state index contributed by atoms with van der Waals surface area (Å²) in [4.78, 5) is 3.96. The summed E-state index contributed by atoms with van der Waals surface area (Å²) in [5, 5.41) is 3.45. The maximum atomic E-state index is 3.96. The molecular formula is C9H12N2. The molecule has 0 saturated heterocycles. The van der Waals surface area contributed by atoms with Gasteiger partial charge in [0.25, 0.3) is 0 Å². The molecule has 0 radical (unpaired) electrons. The van der Waals surface area contributed by atoms with Crippen LogP contribution in [-0.2, 0) is 0 Å². The van der Waals surface area contributed by atoms with E-state index in [4.69, 9.17) is 0 Å². The number of anilines is 1. The SMILES string of the molecule is CC1(Nc2ccncc2)CC1. The van der Waals surface area contributed by atoms with E-state index in [1.54, 1.807) is 0 Å². The molecule has 0 spiro atoms. The van der Waals surface area contributed by atoms with Gasteiger partial charge in [-0.15, -0.1) is 0 Å². The normalized spacial score (nSPS) is 19.4. The third-order valence-corrected chi connectivity index (χ3v) is 2.13. The lowest BCUT2D eigenvalue weighted by Gasteiger charge is -2.11. The molecule has 0 aliphatic heterocycles. The second kappa shape index (κ2) is 2.22. The molecule has 58 valence electrons. The van der Waals surface area contributed by atoms with Gasteiger partial charge in [-0.1, -0.05) is 0 Å². The minimum Gasteiger partial charge on any atom is -0.380 e. The number of hydrogen-bond acceptors (Lipinski definition) is 2. The Morgan fingerprint density at radius 3 is 2.55 bits per heavy atom. The van der Waals surface area contributed by atoms with E-state index in [9.17, 15) is 0 Å². The largest absolute Gasteiger partial charge is 0.380 e. The molecule has 11 heavy (non-hydrogen) atoms. The zero-order valence-corrected chi connectivity index (χ0v) is 6.67. The maximum absolute atomic E-state index is 3.96. The molecule has 1 saturated carbocycles. The Hall–Kier alpha value is -1.05. The minimum atomic E-state index is 0.376. The van der Waals surface area contributed by atoms with Gasteiger partial charge in [0, 0.05) is 23.6 Å². The van der Waals surface area contributed by atoms with E-state index in [1.807, 2.05) is 24.5 Å². The molecule has 1 aromatic heterocycles. The van der Waals surface area contributed by atoms with Crippen LogP contribution in [0.25, 0.3) is 0 Å². The standard InChI is InChI=1S/C9H12N2/c1-9(4-5-9)11-8-2-6-10-7-3-8/h2-3,6-7H,4-5H2,1H3,(H,10,11). The second-order valence-electron chi connectivity index (χ2n) is 3.42. The molecule has 1 aromatic rings. The molecule has 2 heteroatoms. The van der Waals surface area contributed by atoms with Gasteiger partial charge in [0.05, 0.1) is 0 Å². The molecule has 1 N–H and O–H groups in total. The summed E-state index contributed by atoms with van der Waals surface area (Å²) in [5.41, 5.74) is 1.56. The number of aromatic nitrogens is 1. The summed E-state index contributed by atoms with van der Waals surface area (Å²) in [5.74, 6) is 0. The molecule has 0 unspecified atom stereocenters. The minimum absolute atomic E-state index is 0.376. The number of nitrogens with one attached hydrogen (secondary N) is 1. The molecule has 1 aliphatic carbocycles. The van der Waals surface area contributed by atoms with Crippen LogP contribution in [0.15, 0.2) is 24.5 Å². The lowest BCUT2D eigenvalue weighted by Crippen LogP contribution is -2.15. The Bertz CT molecular complexity index is 239. The number of hydrogen-bond donors (Lipinski definition) is 1. The average Bonchev–Trinajstić information content (AvgIpc) is 2.70. The van der Waals surface area contributed by atoms with Crippen LogP contribution in [0.3, 0.4) is 0 Å². The molecule has 0 amide bonds. The number of rotatable bonds is 2. The first kappa shape index (κ1) is 6.65. The molecule has 1 fully saturated rings. The van der Waals surface area contributed by atoms with Gasteiger partial charge in [-0.25, -0.2) is 0 Å². The highest BCUT2D eigenvalue weighted by atomic mass is 15.0. The van der Waals surface area contributed by atoms with Crippen LogP contribution < -0.4 is 5.32 Å². The van der Waals surface area contributed by atoms with Crippen LogP contribution >= 0.6 is 0 Å². The van der Waals surface area contributed by atoms with Gasteiger partial charge in [0.1, 0.15) is 0 Å². The lowest BCUT2D eigenvalue weighted by atomic mass is 10.3. The summed E-state index contributed by atoms with van der Waals surface area (Å²) in [7, 11) is 0. The Morgan fingerprint density at radius 1 is 1.36 bits per heavy atom. The van der Waals surface area contributed by atoms with Crippen LogP contribution in [0.5, 0.6) is 0 Å². The average molecular weight is 148 g/mol. The molecule has 0 bridgehead atoms. The summed E-state index contributed by atoms with van der Waals surface area (Å²) in [6.45, 7) is 2.24. The van der Waals surface area contributed by atoms with Gasteiger partial charge < -0.3 is 5.32 Å². The Labute approximate surface area is 66.7 Å². The van der Waals surface area contributed by atoms with Crippen LogP contribution in [0, 0.1) is 0 Å². The number of nitrogens with zero attached hydrogens (tertiary/aromatic N) is 1. The maximum Gasteiger partial charge on any atom is 0.0375 e. The third kappa shape index (κ3) is 1.50. The van der Waals surface area contributed by atoms with Crippen LogP contribution in [0.4, 0.5) is 5.69 Å². The molecule has 0 aromatic carbocycles. The van der Waals surface area contributed by atoms with Crippen molar-refractivity contribution in [1.29, 1.82) is 0 Å². The smallest absolute Gasteiger partial charge is 0.0375 e. The summed E-state index contributed by atoms with van der Waals surface area (Å²) < 4.78 is 0. The fourth-order valence-corrected chi connectivity index (χ4v) is 1.10. The van der Waals surface area contributed by atoms with Crippen molar-refractivity contribution in [3.05, 3.63) is 24.5 Å². The monoisotopic (exact) mass is 148 g/mol. The molecule has 2 rings (SSSR count). The van der Waals surface area contributed by atoms with Crippen molar-refractivity contribution >= 4 is 5.69 Å². The van der Waals surface area contributed by atoms with E-state index in [2.05, 4.69) is 17.2 Å². The van der Waals surface area contributed by atoms with Crippen LogP contribution in [0.2, 0.25) is 0 Å². The van der Waals surface area contributed by atoms with E-state index in [1.165, 1.54) is 18.5 Å². The first-order valence-electron chi connectivity index (χ1n) is 3.97. The summed E-state index contributed by atoms with van der Waals surface area (Å²) >= 11 is 0. The van der Waals surface area contributed by atoms with E-state index >= 15 is 0 Å². The van der Waals surface area contributed by atoms with Crippen molar-refractivity contribution in [1.82, 2.24) is 4.98 Å². The first-order valence-corrected chi connectivity index (χ1v) is 3.97. The fourth-order valence-electron chi connectivity index (χ4n) is 1.10. The van der Waals surface area contributed by atoms with Crippen LogP contribution in [0.1, 0.15) is 19.8 Å². The van der Waals surface area contributed by atoms with Crippen LogP contribution in [-0.4, -0.2) is 10.5 Å². The van der Waals surface area contributed by atoms with Crippen molar-refractivity contribution in [2.45, 2.75) is 25.3 Å². The molecule has 1 aliphatic rings. The third-order valence-electron chi connectivity index (χ3n) is 2.13. The van der Waals surface area contributed by atoms with E-state index in [-0.39, 0.29) is 0 Å². The van der Waals surface area contributed by atoms with Crippen molar-refractivity contribution in [3.8, 4) is 0 Å². The number of pyridine rings is 1. The van der Waals surface area contributed by atoms with Gasteiger partial charge >= 0.3 is 0 Å². The quantitative estimate of drug-likeness (QED) is 0.694. The van der Waals surface area contributed by atoms with Crippen molar-refractivity contribution in [2.75, 3.05) is 5.32 Å². The van der Waals surface area contributed by atoms with Gasteiger partial charge in [-0.3, -0.25) is 4.98 Å². The lowest BCUT2D eigenvalue weighted by molar-refractivity contribution is 0.829. The predicted molar refractivity (Wildman–Crippen MR) is 45.5 cm³/mol. The Morgan fingerprint density at radius 2 is 2.00 bits per heavy atom.